The Morgan fingerprint density at radius 3 is 2.43 bits per heavy atom. The number of methoxy groups -OCH3 is 2. The maximum absolute atomic E-state index is 12.1. The highest BCUT2D eigenvalue weighted by Gasteiger charge is 2.08. The summed E-state index contributed by atoms with van der Waals surface area (Å²) in [4.78, 5) is 12.1. The highest BCUT2D eigenvalue weighted by Crippen LogP contribution is 2.24. The van der Waals surface area contributed by atoms with Gasteiger partial charge in [-0.1, -0.05) is 15.9 Å². The van der Waals surface area contributed by atoms with E-state index in [1.807, 2.05) is 24.3 Å². The first-order chi connectivity index (χ1) is 10.1. The molecule has 0 fully saturated rings. The highest BCUT2D eigenvalue weighted by atomic mass is 79.9. The summed E-state index contributed by atoms with van der Waals surface area (Å²) < 4.78 is 11.4. The fourth-order valence-electron chi connectivity index (χ4n) is 1.88. The van der Waals surface area contributed by atoms with E-state index in [-0.39, 0.29) is 5.91 Å². The maximum atomic E-state index is 12.1. The molecule has 0 spiro atoms. The summed E-state index contributed by atoms with van der Waals surface area (Å²) in [6, 6.07) is 12.7. The van der Waals surface area contributed by atoms with Crippen molar-refractivity contribution in [2.24, 2.45) is 0 Å². The SMILES string of the molecule is COc1ccc(CNC(=O)c2ccc(Br)cc2)c(OC)c1. The van der Waals surface area contributed by atoms with E-state index in [1.54, 1.807) is 32.4 Å². The number of nitrogens with one attached hydrogen (secondary N) is 1. The first-order valence-corrected chi connectivity index (χ1v) is 7.18. The molecule has 5 heteroatoms. The summed E-state index contributed by atoms with van der Waals surface area (Å²) in [6.07, 6.45) is 0. The predicted molar refractivity (Wildman–Crippen MR) is 84.9 cm³/mol. The van der Waals surface area contributed by atoms with Crippen molar-refractivity contribution in [3.63, 3.8) is 0 Å². The van der Waals surface area contributed by atoms with Gasteiger partial charge in [-0.25, -0.2) is 0 Å². The monoisotopic (exact) mass is 349 g/mol. The number of hydrogen-bond donors (Lipinski definition) is 1. The maximum Gasteiger partial charge on any atom is 0.251 e. The predicted octanol–water partition coefficient (Wildman–Crippen LogP) is 3.40. The van der Waals surface area contributed by atoms with Crippen LogP contribution in [0.1, 0.15) is 15.9 Å². The summed E-state index contributed by atoms with van der Waals surface area (Å²) >= 11 is 3.34. The van der Waals surface area contributed by atoms with E-state index in [0.29, 0.717) is 17.9 Å². The zero-order valence-corrected chi connectivity index (χ0v) is 13.4. The number of amides is 1. The first-order valence-electron chi connectivity index (χ1n) is 6.38. The molecule has 0 atom stereocenters. The largest absolute Gasteiger partial charge is 0.497 e. The minimum absolute atomic E-state index is 0.125. The molecule has 0 aliphatic heterocycles. The zero-order chi connectivity index (χ0) is 15.2. The van der Waals surface area contributed by atoms with Gasteiger partial charge in [0.05, 0.1) is 14.2 Å². The van der Waals surface area contributed by atoms with Crippen LogP contribution in [0.4, 0.5) is 0 Å². The third-order valence-electron chi connectivity index (χ3n) is 3.04. The topological polar surface area (TPSA) is 47.6 Å². The van der Waals surface area contributed by atoms with Crippen molar-refractivity contribution in [1.82, 2.24) is 5.32 Å². The number of rotatable bonds is 5. The molecule has 0 aliphatic rings. The van der Waals surface area contributed by atoms with Crippen LogP contribution in [-0.2, 0) is 6.54 Å². The lowest BCUT2D eigenvalue weighted by Gasteiger charge is -2.11. The molecule has 2 aromatic carbocycles. The number of carbonyl (C=O) groups is 1. The molecule has 0 unspecified atom stereocenters. The van der Waals surface area contributed by atoms with Gasteiger partial charge in [0.15, 0.2) is 0 Å². The summed E-state index contributed by atoms with van der Waals surface area (Å²) in [6.45, 7) is 0.391. The number of carbonyl (C=O) groups excluding carboxylic acids is 1. The number of halogens is 1. The molecule has 1 N–H and O–H groups in total. The molecule has 0 heterocycles. The number of hydrogen-bond acceptors (Lipinski definition) is 3. The van der Waals surface area contributed by atoms with Crippen LogP contribution in [0, 0.1) is 0 Å². The molecule has 0 aromatic heterocycles. The summed E-state index contributed by atoms with van der Waals surface area (Å²) in [7, 11) is 3.19. The molecular formula is C16H16BrNO3. The van der Waals surface area contributed by atoms with Crippen LogP contribution in [0.5, 0.6) is 11.5 Å². The molecule has 0 bridgehead atoms. The Morgan fingerprint density at radius 1 is 1.10 bits per heavy atom. The molecule has 2 rings (SSSR count). The fourth-order valence-corrected chi connectivity index (χ4v) is 2.14. The third kappa shape index (κ3) is 3.98. The summed E-state index contributed by atoms with van der Waals surface area (Å²) in [5.41, 5.74) is 1.51. The molecule has 2 aromatic rings. The van der Waals surface area contributed by atoms with E-state index in [2.05, 4.69) is 21.2 Å². The van der Waals surface area contributed by atoms with Crippen LogP contribution >= 0.6 is 15.9 Å². The van der Waals surface area contributed by atoms with E-state index < -0.39 is 0 Å². The van der Waals surface area contributed by atoms with Gasteiger partial charge in [0.2, 0.25) is 0 Å². The van der Waals surface area contributed by atoms with Crippen molar-refractivity contribution >= 4 is 21.8 Å². The van der Waals surface area contributed by atoms with Gasteiger partial charge < -0.3 is 14.8 Å². The van der Waals surface area contributed by atoms with Crippen molar-refractivity contribution < 1.29 is 14.3 Å². The quantitative estimate of drug-likeness (QED) is 0.899. The lowest BCUT2D eigenvalue weighted by atomic mass is 10.1. The van der Waals surface area contributed by atoms with Gasteiger partial charge >= 0.3 is 0 Å². The lowest BCUT2D eigenvalue weighted by molar-refractivity contribution is 0.0950. The Labute approximate surface area is 132 Å². The van der Waals surface area contributed by atoms with Crippen LogP contribution in [0.15, 0.2) is 46.9 Å². The average molecular weight is 350 g/mol. The van der Waals surface area contributed by atoms with Gasteiger partial charge in [0.1, 0.15) is 11.5 Å². The van der Waals surface area contributed by atoms with Gasteiger partial charge in [-0.05, 0) is 36.4 Å². The van der Waals surface area contributed by atoms with Crippen LogP contribution < -0.4 is 14.8 Å². The van der Waals surface area contributed by atoms with E-state index >= 15 is 0 Å². The van der Waals surface area contributed by atoms with E-state index in [9.17, 15) is 4.79 Å². The van der Waals surface area contributed by atoms with Gasteiger partial charge in [-0.2, -0.15) is 0 Å². The van der Waals surface area contributed by atoms with Crippen molar-refractivity contribution in [3.8, 4) is 11.5 Å². The van der Waals surface area contributed by atoms with Crippen LogP contribution in [0.3, 0.4) is 0 Å². The van der Waals surface area contributed by atoms with Crippen LogP contribution in [0.2, 0.25) is 0 Å². The minimum Gasteiger partial charge on any atom is -0.497 e. The Morgan fingerprint density at radius 2 is 1.81 bits per heavy atom. The molecule has 21 heavy (non-hydrogen) atoms. The number of benzene rings is 2. The Balaban J connectivity index is 2.05. The molecule has 0 saturated heterocycles. The molecule has 1 amide bonds. The molecule has 4 nitrogen and oxygen atoms in total. The molecular weight excluding hydrogens is 334 g/mol. The van der Waals surface area contributed by atoms with Gasteiger partial charge in [-0.15, -0.1) is 0 Å². The van der Waals surface area contributed by atoms with Crippen LogP contribution in [0.25, 0.3) is 0 Å². The van der Waals surface area contributed by atoms with E-state index in [0.717, 1.165) is 15.8 Å². The van der Waals surface area contributed by atoms with E-state index in [1.165, 1.54) is 0 Å². The smallest absolute Gasteiger partial charge is 0.251 e. The fraction of sp³-hybridized carbons (Fsp3) is 0.188. The van der Waals surface area contributed by atoms with Gasteiger partial charge in [0, 0.05) is 28.2 Å². The Kier molecular flexibility index (Phi) is 5.22. The molecule has 0 radical (unpaired) electrons. The molecule has 0 aliphatic carbocycles. The van der Waals surface area contributed by atoms with E-state index in [4.69, 9.17) is 9.47 Å². The van der Waals surface area contributed by atoms with Crippen molar-refractivity contribution in [2.45, 2.75) is 6.54 Å². The molecule has 0 saturated carbocycles. The van der Waals surface area contributed by atoms with Gasteiger partial charge in [-0.3, -0.25) is 4.79 Å². The van der Waals surface area contributed by atoms with Crippen molar-refractivity contribution in [1.29, 1.82) is 0 Å². The normalized spacial score (nSPS) is 10.0. The lowest BCUT2D eigenvalue weighted by Crippen LogP contribution is -2.22. The first kappa shape index (κ1) is 15.4. The second-order valence-electron chi connectivity index (χ2n) is 4.37. The molecule has 110 valence electrons. The highest BCUT2D eigenvalue weighted by molar-refractivity contribution is 9.10. The van der Waals surface area contributed by atoms with Crippen molar-refractivity contribution in [2.75, 3.05) is 14.2 Å². The minimum atomic E-state index is -0.125. The third-order valence-corrected chi connectivity index (χ3v) is 3.57. The second kappa shape index (κ2) is 7.13. The standard InChI is InChI=1S/C16H16BrNO3/c1-20-14-8-5-12(15(9-14)21-2)10-18-16(19)11-3-6-13(17)7-4-11/h3-9H,10H2,1-2H3,(H,18,19). The summed E-state index contributed by atoms with van der Waals surface area (Å²) in [5.74, 6) is 1.28. The Bertz CT molecular complexity index is 626. The second-order valence-corrected chi connectivity index (χ2v) is 5.28. The zero-order valence-electron chi connectivity index (χ0n) is 11.9. The van der Waals surface area contributed by atoms with Crippen LogP contribution in [-0.4, -0.2) is 20.1 Å². The summed E-state index contributed by atoms with van der Waals surface area (Å²) in [5, 5.41) is 2.87. The Hall–Kier alpha value is -2.01. The van der Waals surface area contributed by atoms with Gasteiger partial charge in [0.25, 0.3) is 5.91 Å². The average Bonchev–Trinajstić information content (AvgIpc) is 2.53. The van der Waals surface area contributed by atoms with Crippen molar-refractivity contribution in [3.05, 3.63) is 58.1 Å². The number of ether oxygens (including phenoxy) is 2.